The lowest BCUT2D eigenvalue weighted by molar-refractivity contribution is 0.0438. The maximum atomic E-state index is 12.0. The van der Waals surface area contributed by atoms with E-state index >= 15 is 0 Å². The minimum atomic E-state index is -0.479. The van der Waals surface area contributed by atoms with Crippen molar-refractivity contribution in [2.45, 2.75) is 20.5 Å². The van der Waals surface area contributed by atoms with Crippen LogP contribution in [-0.4, -0.2) is 23.3 Å². The van der Waals surface area contributed by atoms with Gasteiger partial charge in [-0.05, 0) is 44.2 Å². The number of hydrogen-bond donors (Lipinski definition) is 0. The first-order valence-corrected chi connectivity index (χ1v) is 7.28. The molecule has 0 aliphatic heterocycles. The van der Waals surface area contributed by atoms with E-state index in [-0.39, 0.29) is 12.5 Å². The standard InChI is InChI=1S/C17H16N2O5/c1-10-8-14(11(2)23-10)16-19-18-15(24-16)9-22-17(20)12-4-6-13(21-3)7-5-12/h4-8H,9H2,1-3H3. The molecule has 0 radical (unpaired) electrons. The Morgan fingerprint density at radius 1 is 1.12 bits per heavy atom. The summed E-state index contributed by atoms with van der Waals surface area (Å²) in [5.74, 6) is 2.18. The summed E-state index contributed by atoms with van der Waals surface area (Å²) in [6.45, 7) is 3.55. The van der Waals surface area contributed by atoms with E-state index in [0.29, 0.717) is 23.0 Å². The van der Waals surface area contributed by atoms with Crippen molar-refractivity contribution in [1.29, 1.82) is 0 Å². The largest absolute Gasteiger partial charge is 0.497 e. The molecule has 3 aromatic rings. The molecule has 7 heteroatoms. The summed E-state index contributed by atoms with van der Waals surface area (Å²) >= 11 is 0. The van der Waals surface area contributed by atoms with Gasteiger partial charge in [-0.3, -0.25) is 0 Å². The molecule has 0 atom stereocenters. The highest BCUT2D eigenvalue weighted by molar-refractivity contribution is 5.89. The second-order valence-electron chi connectivity index (χ2n) is 5.13. The van der Waals surface area contributed by atoms with E-state index in [2.05, 4.69) is 10.2 Å². The molecule has 124 valence electrons. The Labute approximate surface area is 138 Å². The highest BCUT2D eigenvalue weighted by Crippen LogP contribution is 2.25. The molecular weight excluding hydrogens is 312 g/mol. The third-order valence-corrected chi connectivity index (χ3v) is 3.39. The van der Waals surface area contributed by atoms with Crippen molar-refractivity contribution in [3.63, 3.8) is 0 Å². The van der Waals surface area contributed by atoms with Gasteiger partial charge in [-0.1, -0.05) is 0 Å². The second kappa shape index (κ2) is 6.57. The quantitative estimate of drug-likeness (QED) is 0.664. The van der Waals surface area contributed by atoms with Crippen LogP contribution in [0.15, 0.2) is 39.2 Å². The Kier molecular flexibility index (Phi) is 4.33. The minimum Gasteiger partial charge on any atom is -0.497 e. The fourth-order valence-electron chi connectivity index (χ4n) is 2.20. The molecule has 3 rings (SSSR count). The van der Waals surface area contributed by atoms with Crippen LogP contribution in [0, 0.1) is 13.8 Å². The third-order valence-electron chi connectivity index (χ3n) is 3.39. The SMILES string of the molecule is COc1ccc(C(=O)OCc2nnc(-c3cc(C)oc3C)o2)cc1. The van der Waals surface area contributed by atoms with Crippen LogP contribution < -0.4 is 4.74 Å². The zero-order chi connectivity index (χ0) is 17.1. The summed E-state index contributed by atoms with van der Waals surface area (Å²) in [5.41, 5.74) is 1.14. The molecule has 0 unspecified atom stereocenters. The Bertz CT molecular complexity index is 848. The lowest BCUT2D eigenvalue weighted by Gasteiger charge is -2.03. The molecule has 0 aliphatic carbocycles. The van der Waals surface area contributed by atoms with Gasteiger partial charge in [0.2, 0.25) is 0 Å². The lowest BCUT2D eigenvalue weighted by Crippen LogP contribution is -2.05. The summed E-state index contributed by atoms with van der Waals surface area (Å²) in [5, 5.41) is 7.83. The molecule has 7 nitrogen and oxygen atoms in total. The molecule has 0 fully saturated rings. The molecule has 0 amide bonds. The summed E-state index contributed by atoms with van der Waals surface area (Å²) in [7, 11) is 1.56. The molecular formula is C17H16N2O5. The molecule has 2 heterocycles. The number of esters is 1. The van der Waals surface area contributed by atoms with Crippen LogP contribution in [-0.2, 0) is 11.3 Å². The van der Waals surface area contributed by atoms with Crippen molar-refractivity contribution in [3.8, 4) is 17.2 Å². The van der Waals surface area contributed by atoms with Gasteiger partial charge in [0.15, 0.2) is 6.61 Å². The van der Waals surface area contributed by atoms with Crippen LogP contribution in [0.2, 0.25) is 0 Å². The smallest absolute Gasteiger partial charge is 0.338 e. The van der Waals surface area contributed by atoms with E-state index in [4.69, 9.17) is 18.3 Å². The molecule has 0 bridgehead atoms. The number of carbonyl (C=O) groups excluding carboxylic acids is 1. The number of benzene rings is 1. The maximum absolute atomic E-state index is 12.0. The van der Waals surface area contributed by atoms with Crippen molar-refractivity contribution in [3.05, 3.63) is 53.3 Å². The Hall–Kier alpha value is -3.09. The van der Waals surface area contributed by atoms with Gasteiger partial charge < -0.3 is 18.3 Å². The van der Waals surface area contributed by atoms with Gasteiger partial charge in [-0.25, -0.2) is 4.79 Å². The maximum Gasteiger partial charge on any atom is 0.338 e. The fourth-order valence-corrected chi connectivity index (χ4v) is 2.20. The molecule has 0 N–H and O–H groups in total. The summed E-state index contributed by atoms with van der Waals surface area (Å²) in [6.07, 6.45) is 0. The number of aryl methyl sites for hydroxylation is 2. The molecule has 0 aliphatic rings. The molecule has 24 heavy (non-hydrogen) atoms. The Balaban J connectivity index is 1.64. The summed E-state index contributed by atoms with van der Waals surface area (Å²) < 4.78 is 21.2. The van der Waals surface area contributed by atoms with Crippen LogP contribution in [0.1, 0.15) is 27.8 Å². The van der Waals surface area contributed by atoms with Crippen molar-refractivity contribution in [2.75, 3.05) is 7.11 Å². The molecule has 0 saturated carbocycles. The molecule has 0 spiro atoms. The van der Waals surface area contributed by atoms with Crippen LogP contribution in [0.5, 0.6) is 5.75 Å². The monoisotopic (exact) mass is 328 g/mol. The van der Waals surface area contributed by atoms with Crippen LogP contribution >= 0.6 is 0 Å². The second-order valence-corrected chi connectivity index (χ2v) is 5.13. The van der Waals surface area contributed by atoms with Crippen molar-refractivity contribution >= 4 is 5.97 Å². The van der Waals surface area contributed by atoms with E-state index in [9.17, 15) is 4.79 Å². The van der Waals surface area contributed by atoms with Gasteiger partial charge in [-0.2, -0.15) is 0 Å². The van der Waals surface area contributed by atoms with E-state index in [1.54, 1.807) is 31.4 Å². The first-order valence-electron chi connectivity index (χ1n) is 7.28. The highest BCUT2D eigenvalue weighted by atomic mass is 16.5. The van der Waals surface area contributed by atoms with Gasteiger partial charge in [0.25, 0.3) is 11.8 Å². The molecule has 2 aromatic heterocycles. The van der Waals surface area contributed by atoms with Gasteiger partial charge >= 0.3 is 5.97 Å². The van der Waals surface area contributed by atoms with Crippen molar-refractivity contribution in [2.24, 2.45) is 0 Å². The number of furan rings is 1. The fraction of sp³-hybridized carbons (Fsp3) is 0.235. The number of aromatic nitrogens is 2. The average Bonchev–Trinajstić information content (AvgIpc) is 3.18. The van der Waals surface area contributed by atoms with Crippen molar-refractivity contribution < 1.29 is 23.1 Å². The minimum absolute atomic E-state index is 0.103. The Morgan fingerprint density at radius 2 is 1.88 bits per heavy atom. The number of ether oxygens (including phenoxy) is 2. The number of carbonyl (C=O) groups is 1. The molecule has 1 aromatic carbocycles. The van der Waals surface area contributed by atoms with E-state index in [1.165, 1.54) is 0 Å². The topological polar surface area (TPSA) is 87.6 Å². The zero-order valence-electron chi connectivity index (χ0n) is 13.5. The Morgan fingerprint density at radius 3 is 2.50 bits per heavy atom. The third kappa shape index (κ3) is 3.29. The van der Waals surface area contributed by atoms with Crippen LogP contribution in [0.25, 0.3) is 11.5 Å². The lowest BCUT2D eigenvalue weighted by atomic mass is 10.2. The van der Waals surface area contributed by atoms with Crippen LogP contribution in [0.4, 0.5) is 0 Å². The predicted molar refractivity (Wildman–Crippen MR) is 83.6 cm³/mol. The van der Waals surface area contributed by atoms with Gasteiger partial charge in [0.05, 0.1) is 18.2 Å². The first kappa shape index (κ1) is 15.8. The molecule has 0 saturated heterocycles. The van der Waals surface area contributed by atoms with E-state index in [0.717, 1.165) is 11.3 Å². The number of methoxy groups -OCH3 is 1. The number of nitrogens with zero attached hydrogens (tertiary/aromatic N) is 2. The average molecular weight is 328 g/mol. The van der Waals surface area contributed by atoms with Crippen LogP contribution in [0.3, 0.4) is 0 Å². The van der Waals surface area contributed by atoms with Gasteiger partial charge in [-0.15, -0.1) is 10.2 Å². The van der Waals surface area contributed by atoms with Gasteiger partial charge in [0.1, 0.15) is 17.3 Å². The van der Waals surface area contributed by atoms with Crippen molar-refractivity contribution in [1.82, 2.24) is 10.2 Å². The summed E-state index contributed by atoms with van der Waals surface area (Å²) in [4.78, 5) is 12.0. The normalized spacial score (nSPS) is 10.6. The zero-order valence-corrected chi connectivity index (χ0v) is 13.5. The van der Waals surface area contributed by atoms with E-state index in [1.807, 2.05) is 19.9 Å². The first-order chi connectivity index (χ1) is 11.6. The summed E-state index contributed by atoms with van der Waals surface area (Å²) in [6, 6.07) is 8.43. The number of hydrogen-bond acceptors (Lipinski definition) is 7. The van der Waals surface area contributed by atoms with Gasteiger partial charge in [0, 0.05) is 0 Å². The predicted octanol–water partition coefficient (Wildman–Crippen LogP) is 3.31. The highest BCUT2D eigenvalue weighted by Gasteiger charge is 2.16. The van der Waals surface area contributed by atoms with E-state index < -0.39 is 5.97 Å². The number of rotatable bonds is 5.